The molecule has 0 unspecified atom stereocenters. The van der Waals surface area contributed by atoms with Crippen LogP contribution in [0.2, 0.25) is 10.0 Å². The molecule has 7 nitrogen and oxygen atoms in total. The molecule has 0 bridgehead atoms. The maximum atomic E-state index is 13.7. The Kier molecular flexibility index (Phi) is 10.9. The Morgan fingerprint density at radius 1 is 1.03 bits per heavy atom. The molecule has 0 heterocycles. The van der Waals surface area contributed by atoms with Crippen LogP contribution in [0.25, 0.3) is 0 Å². The van der Waals surface area contributed by atoms with Crippen LogP contribution >= 0.6 is 23.2 Å². The summed E-state index contributed by atoms with van der Waals surface area (Å²) in [5.74, 6) is -0.844. The average Bonchev–Trinajstić information content (AvgIpc) is 2.79. The van der Waals surface area contributed by atoms with Gasteiger partial charge in [-0.3, -0.25) is 13.9 Å². The zero-order valence-electron chi connectivity index (χ0n) is 20.6. The van der Waals surface area contributed by atoms with Crippen molar-refractivity contribution in [1.82, 2.24) is 10.2 Å². The summed E-state index contributed by atoms with van der Waals surface area (Å²) >= 11 is 12.7. The van der Waals surface area contributed by atoms with E-state index in [1.807, 2.05) is 13.8 Å². The molecule has 0 fully saturated rings. The lowest BCUT2D eigenvalue weighted by atomic mass is 10.1. The maximum Gasteiger partial charge on any atom is 0.244 e. The Balaban J connectivity index is 2.45. The van der Waals surface area contributed by atoms with Gasteiger partial charge in [-0.2, -0.15) is 0 Å². The standard InChI is InChI=1S/C25H33Cl2N3O4S/c1-5-7-15-28-25(32)23(6-2)29(16-20-21(26)9-8-10-22(20)27)24(31)17-30(35(4,33)34)19-13-11-18(3)12-14-19/h8-14,23H,5-7,15-17H2,1-4H3,(H,28,32)/t23-/m0/s1. The van der Waals surface area contributed by atoms with Crippen LogP contribution in [-0.4, -0.2) is 50.5 Å². The first kappa shape index (κ1) is 28.9. The molecule has 2 amide bonds. The number of carbonyl (C=O) groups is 2. The summed E-state index contributed by atoms with van der Waals surface area (Å²) in [7, 11) is -3.79. The maximum absolute atomic E-state index is 13.7. The summed E-state index contributed by atoms with van der Waals surface area (Å²) in [5, 5.41) is 3.59. The van der Waals surface area contributed by atoms with Crippen molar-refractivity contribution in [3.63, 3.8) is 0 Å². The van der Waals surface area contributed by atoms with Gasteiger partial charge in [-0.05, 0) is 44.0 Å². The van der Waals surface area contributed by atoms with Gasteiger partial charge >= 0.3 is 0 Å². The number of unbranched alkanes of at least 4 members (excludes halogenated alkanes) is 1. The molecule has 0 radical (unpaired) electrons. The van der Waals surface area contributed by atoms with Crippen LogP contribution < -0.4 is 9.62 Å². The second kappa shape index (κ2) is 13.1. The first-order valence-corrected chi connectivity index (χ1v) is 14.1. The highest BCUT2D eigenvalue weighted by molar-refractivity contribution is 7.92. The van der Waals surface area contributed by atoms with E-state index in [1.54, 1.807) is 49.4 Å². The van der Waals surface area contributed by atoms with Crippen LogP contribution in [0, 0.1) is 6.92 Å². The highest BCUT2D eigenvalue weighted by Crippen LogP contribution is 2.27. The zero-order valence-corrected chi connectivity index (χ0v) is 22.9. The van der Waals surface area contributed by atoms with E-state index in [9.17, 15) is 18.0 Å². The topological polar surface area (TPSA) is 86.8 Å². The molecule has 1 atom stereocenters. The molecule has 0 aliphatic heterocycles. The number of hydrogen-bond acceptors (Lipinski definition) is 4. The molecule has 2 rings (SSSR count). The van der Waals surface area contributed by atoms with Crippen LogP contribution in [0.1, 0.15) is 44.2 Å². The lowest BCUT2D eigenvalue weighted by Gasteiger charge is -2.33. The quantitative estimate of drug-likeness (QED) is 0.391. The number of anilines is 1. The predicted molar refractivity (Wildman–Crippen MR) is 142 cm³/mol. The SMILES string of the molecule is CCCCNC(=O)[C@H](CC)N(Cc1c(Cl)cccc1Cl)C(=O)CN(c1ccc(C)cc1)S(C)(=O)=O. The second-order valence-corrected chi connectivity index (χ2v) is 11.1. The minimum absolute atomic E-state index is 0.0391. The first-order valence-electron chi connectivity index (χ1n) is 11.5. The van der Waals surface area contributed by atoms with E-state index in [0.29, 0.717) is 34.3 Å². The molecule has 0 aliphatic carbocycles. The van der Waals surface area contributed by atoms with Crippen LogP contribution in [0.4, 0.5) is 5.69 Å². The van der Waals surface area contributed by atoms with Gasteiger partial charge in [0.05, 0.1) is 11.9 Å². The second-order valence-electron chi connectivity index (χ2n) is 8.40. The number of nitrogens with one attached hydrogen (secondary N) is 1. The highest BCUT2D eigenvalue weighted by Gasteiger charge is 2.32. The van der Waals surface area contributed by atoms with Crippen molar-refractivity contribution in [3.05, 3.63) is 63.6 Å². The van der Waals surface area contributed by atoms with E-state index < -0.39 is 28.5 Å². The van der Waals surface area contributed by atoms with Gasteiger partial charge in [0.1, 0.15) is 12.6 Å². The van der Waals surface area contributed by atoms with E-state index in [0.717, 1.165) is 29.0 Å². The van der Waals surface area contributed by atoms with Crippen molar-refractivity contribution in [3.8, 4) is 0 Å². The Bertz CT molecular complexity index is 1100. The number of benzene rings is 2. The fraction of sp³-hybridized carbons (Fsp3) is 0.440. The molecule has 0 aromatic heterocycles. The molecular formula is C25H33Cl2N3O4S. The van der Waals surface area contributed by atoms with Crippen LogP contribution in [0.3, 0.4) is 0 Å². The van der Waals surface area contributed by atoms with Gasteiger partial charge < -0.3 is 10.2 Å². The van der Waals surface area contributed by atoms with Gasteiger partial charge in [0.15, 0.2) is 0 Å². The minimum Gasteiger partial charge on any atom is -0.354 e. The van der Waals surface area contributed by atoms with E-state index in [4.69, 9.17) is 23.2 Å². The summed E-state index contributed by atoms with van der Waals surface area (Å²) in [6.07, 6.45) is 3.09. The number of halogens is 2. The molecule has 0 saturated carbocycles. The zero-order chi connectivity index (χ0) is 26.2. The van der Waals surface area contributed by atoms with Crippen LogP contribution in [0.15, 0.2) is 42.5 Å². The molecule has 0 saturated heterocycles. The highest BCUT2D eigenvalue weighted by atomic mass is 35.5. The summed E-state index contributed by atoms with van der Waals surface area (Å²) in [6, 6.07) is 11.0. The number of carbonyl (C=O) groups excluding carboxylic acids is 2. The van der Waals surface area contributed by atoms with E-state index in [2.05, 4.69) is 5.32 Å². The lowest BCUT2D eigenvalue weighted by Crippen LogP contribution is -2.52. The lowest BCUT2D eigenvalue weighted by molar-refractivity contribution is -0.140. The third-order valence-corrected chi connectivity index (χ3v) is 7.46. The summed E-state index contributed by atoms with van der Waals surface area (Å²) in [5.41, 5.74) is 1.81. The first-order chi connectivity index (χ1) is 16.5. The smallest absolute Gasteiger partial charge is 0.244 e. The Morgan fingerprint density at radius 3 is 2.14 bits per heavy atom. The Hall–Kier alpha value is -2.29. The molecule has 2 aromatic carbocycles. The molecular weight excluding hydrogens is 509 g/mol. The number of hydrogen-bond donors (Lipinski definition) is 1. The predicted octanol–water partition coefficient (Wildman–Crippen LogP) is 4.79. The van der Waals surface area contributed by atoms with Gasteiger partial charge in [0.25, 0.3) is 0 Å². The summed E-state index contributed by atoms with van der Waals surface area (Å²) in [6.45, 7) is 5.68. The van der Waals surface area contributed by atoms with E-state index >= 15 is 0 Å². The van der Waals surface area contributed by atoms with E-state index in [1.165, 1.54) is 4.90 Å². The molecule has 10 heteroatoms. The molecule has 0 spiro atoms. The summed E-state index contributed by atoms with van der Waals surface area (Å²) < 4.78 is 26.3. The van der Waals surface area contributed by atoms with Gasteiger partial charge in [0.2, 0.25) is 21.8 Å². The fourth-order valence-electron chi connectivity index (χ4n) is 3.60. The summed E-state index contributed by atoms with van der Waals surface area (Å²) in [4.78, 5) is 28.1. The third-order valence-electron chi connectivity index (χ3n) is 5.61. The minimum atomic E-state index is -3.79. The average molecular weight is 543 g/mol. The van der Waals surface area contributed by atoms with Crippen molar-refractivity contribution >= 4 is 50.7 Å². The third kappa shape index (κ3) is 8.12. The van der Waals surface area contributed by atoms with E-state index in [-0.39, 0.29) is 12.5 Å². The number of aryl methyl sites for hydroxylation is 1. The van der Waals surface area contributed by atoms with Crippen molar-refractivity contribution in [2.24, 2.45) is 0 Å². The number of nitrogens with zero attached hydrogens (tertiary/aromatic N) is 2. The van der Waals surface area contributed by atoms with Gasteiger partial charge in [-0.25, -0.2) is 8.42 Å². The molecule has 2 aromatic rings. The molecule has 0 aliphatic rings. The number of amides is 2. The van der Waals surface area contributed by atoms with Gasteiger partial charge in [-0.15, -0.1) is 0 Å². The Morgan fingerprint density at radius 2 is 1.63 bits per heavy atom. The van der Waals surface area contributed by atoms with Crippen molar-refractivity contribution in [2.45, 2.75) is 52.6 Å². The number of sulfonamides is 1. The number of rotatable bonds is 12. The van der Waals surface area contributed by atoms with Gasteiger partial charge in [-0.1, -0.05) is 67.2 Å². The normalized spacial score (nSPS) is 12.2. The fourth-order valence-corrected chi connectivity index (χ4v) is 4.97. The molecule has 35 heavy (non-hydrogen) atoms. The largest absolute Gasteiger partial charge is 0.354 e. The van der Waals surface area contributed by atoms with Crippen LogP contribution in [-0.2, 0) is 26.2 Å². The van der Waals surface area contributed by atoms with Crippen molar-refractivity contribution < 1.29 is 18.0 Å². The monoisotopic (exact) mass is 541 g/mol. The molecule has 192 valence electrons. The van der Waals surface area contributed by atoms with Crippen molar-refractivity contribution in [2.75, 3.05) is 23.7 Å². The molecule has 1 N–H and O–H groups in total. The Labute approximate surface area is 218 Å². The van der Waals surface area contributed by atoms with Crippen LogP contribution in [0.5, 0.6) is 0 Å². The van der Waals surface area contributed by atoms with Gasteiger partial charge in [0, 0.05) is 28.7 Å². The van der Waals surface area contributed by atoms with Crippen molar-refractivity contribution in [1.29, 1.82) is 0 Å².